The van der Waals surface area contributed by atoms with Gasteiger partial charge >= 0.3 is 12.0 Å². The van der Waals surface area contributed by atoms with Crippen LogP contribution >= 0.6 is 0 Å². The van der Waals surface area contributed by atoms with Crippen molar-refractivity contribution in [3.05, 3.63) is 0 Å². The van der Waals surface area contributed by atoms with Gasteiger partial charge in [0.2, 0.25) is 0 Å². The average Bonchev–Trinajstić information content (AvgIpc) is 2.32. The smallest absolute Gasteiger partial charge is 0.323 e. The Kier molecular flexibility index (Phi) is 6.22. The van der Waals surface area contributed by atoms with Crippen LogP contribution in [0.5, 0.6) is 0 Å². The van der Waals surface area contributed by atoms with Crippen molar-refractivity contribution in [3.8, 4) is 0 Å². The Bertz CT molecular complexity index is 346. The molecule has 1 fully saturated rings. The number of hydrogen-bond acceptors (Lipinski definition) is 4. The van der Waals surface area contributed by atoms with E-state index in [2.05, 4.69) is 5.32 Å². The lowest BCUT2D eigenvalue weighted by molar-refractivity contribution is -0.137. The molecule has 0 aromatic heterocycles. The van der Waals surface area contributed by atoms with Crippen LogP contribution in [0.4, 0.5) is 4.79 Å². The summed E-state index contributed by atoms with van der Waals surface area (Å²) in [7, 11) is 1.51. The number of rotatable bonds is 6. The summed E-state index contributed by atoms with van der Waals surface area (Å²) in [5.41, 5.74) is -0.264. The molecule has 1 heterocycles. The Hall–Kier alpha value is -1.34. The summed E-state index contributed by atoms with van der Waals surface area (Å²) in [4.78, 5) is 24.2. The molecule has 116 valence electrons. The van der Waals surface area contributed by atoms with Crippen molar-refractivity contribution >= 4 is 12.0 Å². The molecule has 1 aliphatic heterocycles. The average molecular weight is 288 g/mol. The van der Waals surface area contributed by atoms with Gasteiger partial charge in [-0.15, -0.1) is 0 Å². The summed E-state index contributed by atoms with van der Waals surface area (Å²) in [5, 5.41) is 11.7. The van der Waals surface area contributed by atoms with Gasteiger partial charge in [0.15, 0.2) is 0 Å². The highest BCUT2D eigenvalue weighted by molar-refractivity contribution is 5.80. The van der Waals surface area contributed by atoms with Crippen LogP contribution in [0.3, 0.4) is 0 Å². The zero-order chi connectivity index (χ0) is 15.2. The summed E-state index contributed by atoms with van der Waals surface area (Å²) in [5.74, 6) is -1.04. The molecule has 0 radical (unpaired) electrons. The highest BCUT2D eigenvalue weighted by atomic mass is 16.5. The van der Waals surface area contributed by atoms with Crippen LogP contribution in [-0.2, 0) is 14.3 Å². The van der Waals surface area contributed by atoms with E-state index in [0.717, 1.165) is 6.42 Å². The number of amides is 2. The van der Waals surface area contributed by atoms with Crippen molar-refractivity contribution in [3.63, 3.8) is 0 Å². The third kappa shape index (κ3) is 5.75. The minimum absolute atomic E-state index is 0.00471. The largest absolute Gasteiger partial charge is 0.480 e. The first-order valence-electron chi connectivity index (χ1n) is 6.74. The van der Waals surface area contributed by atoms with Gasteiger partial charge in [-0.1, -0.05) is 0 Å². The molecule has 0 aliphatic carbocycles. The molecule has 2 N–H and O–H groups in total. The van der Waals surface area contributed by atoms with Crippen molar-refractivity contribution in [2.45, 2.75) is 38.3 Å². The van der Waals surface area contributed by atoms with Gasteiger partial charge in [-0.05, 0) is 26.7 Å². The van der Waals surface area contributed by atoms with E-state index in [1.165, 1.54) is 12.0 Å². The van der Waals surface area contributed by atoms with E-state index in [1.54, 1.807) is 0 Å². The summed E-state index contributed by atoms with van der Waals surface area (Å²) >= 11 is 0. The number of hydrogen-bond donors (Lipinski definition) is 2. The summed E-state index contributed by atoms with van der Waals surface area (Å²) in [6.07, 6.45) is 1.45. The topological polar surface area (TPSA) is 88.1 Å². The zero-order valence-electron chi connectivity index (χ0n) is 12.3. The molecule has 1 aliphatic rings. The van der Waals surface area contributed by atoms with E-state index >= 15 is 0 Å². The molecule has 0 bridgehead atoms. The standard InChI is InChI=1S/C13H24N2O5/c1-13(2)8-10(4-6-20-13)14-12(18)15(5-7-19-3)9-11(16)17/h10H,4-9H2,1-3H3,(H,14,18)(H,16,17). The maximum atomic E-state index is 12.1. The normalized spacial score (nSPS) is 21.2. The quantitative estimate of drug-likeness (QED) is 0.750. The second-order valence-corrected chi connectivity index (χ2v) is 5.56. The summed E-state index contributed by atoms with van der Waals surface area (Å²) in [6.45, 7) is 4.77. The Morgan fingerprint density at radius 3 is 2.75 bits per heavy atom. The molecule has 2 amide bonds. The lowest BCUT2D eigenvalue weighted by Gasteiger charge is -2.36. The highest BCUT2D eigenvalue weighted by Crippen LogP contribution is 2.23. The molecular formula is C13H24N2O5. The number of carboxylic acids is 1. The predicted molar refractivity (Wildman–Crippen MR) is 72.7 cm³/mol. The number of methoxy groups -OCH3 is 1. The summed E-state index contributed by atoms with van der Waals surface area (Å²) in [6, 6.07) is -0.364. The van der Waals surface area contributed by atoms with Crippen molar-refractivity contribution in [2.75, 3.05) is 33.4 Å². The molecule has 0 aromatic carbocycles. The molecule has 1 atom stereocenters. The summed E-state index contributed by atoms with van der Waals surface area (Å²) < 4.78 is 10.5. The number of nitrogens with one attached hydrogen (secondary N) is 1. The van der Waals surface area contributed by atoms with Crippen LogP contribution in [-0.4, -0.2) is 67.1 Å². The fourth-order valence-electron chi connectivity index (χ4n) is 2.24. The van der Waals surface area contributed by atoms with Gasteiger partial charge < -0.3 is 24.8 Å². The molecule has 0 saturated carbocycles. The first-order chi connectivity index (χ1) is 9.34. The van der Waals surface area contributed by atoms with Crippen LogP contribution in [0, 0.1) is 0 Å². The number of carbonyl (C=O) groups excluding carboxylic acids is 1. The van der Waals surface area contributed by atoms with Crippen LogP contribution in [0.15, 0.2) is 0 Å². The van der Waals surface area contributed by atoms with Gasteiger partial charge in [0, 0.05) is 26.3 Å². The Labute approximate surface area is 119 Å². The van der Waals surface area contributed by atoms with Gasteiger partial charge in [0.25, 0.3) is 0 Å². The van der Waals surface area contributed by atoms with Gasteiger partial charge in [-0.3, -0.25) is 4.79 Å². The van der Waals surface area contributed by atoms with E-state index in [-0.39, 0.29) is 30.8 Å². The monoisotopic (exact) mass is 288 g/mol. The number of urea groups is 1. The predicted octanol–water partition coefficient (Wildman–Crippen LogP) is 0.687. The second-order valence-electron chi connectivity index (χ2n) is 5.56. The first kappa shape index (κ1) is 16.7. The number of nitrogens with zero attached hydrogens (tertiary/aromatic N) is 1. The zero-order valence-corrected chi connectivity index (χ0v) is 12.3. The fourth-order valence-corrected chi connectivity index (χ4v) is 2.24. The Morgan fingerprint density at radius 2 is 2.20 bits per heavy atom. The third-order valence-corrected chi connectivity index (χ3v) is 3.20. The second kappa shape index (κ2) is 7.44. The maximum absolute atomic E-state index is 12.1. The van der Waals surface area contributed by atoms with Crippen LogP contribution in [0.1, 0.15) is 26.7 Å². The maximum Gasteiger partial charge on any atom is 0.323 e. The van der Waals surface area contributed by atoms with Gasteiger partial charge in [-0.2, -0.15) is 0 Å². The van der Waals surface area contributed by atoms with Crippen molar-refractivity contribution in [1.29, 1.82) is 0 Å². The van der Waals surface area contributed by atoms with E-state index in [1.807, 2.05) is 13.8 Å². The molecule has 1 rings (SSSR count). The molecule has 7 heteroatoms. The minimum atomic E-state index is -1.04. The van der Waals surface area contributed by atoms with Crippen LogP contribution < -0.4 is 5.32 Å². The highest BCUT2D eigenvalue weighted by Gasteiger charge is 2.30. The number of aliphatic carboxylic acids is 1. The van der Waals surface area contributed by atoms with Gasteiger partial charge in [0.1, 0.15) is 6.54 Å². The molecule has 0 aromatic rings. The van der Waals surface area contributed by atoms with Gasteiger partial charge in [0.05, 0.1) is 12.2 Å². The minimum Gasteiger partial charge on any atom is -0.480 e. The van der Waals surface area contributed by atoms with Crippen molar-refractivity contribution in [1.82, 2.24) is 10.2 Å². The number of ether oxygens (including phenoxy) is 2. The van der Waals surface area contributed by atoms with E-state index < -0.39 is 5.97 Å². The van der Waals surface area contributed by atoms with E-state index in [0.29, 0.717) is 19.6 Å². The number of carboxylic acid groups (broad SMARTS) is 1. The Morgan fingerprint density at radius 1 is 1.50 bits per heavy atom. The molecular weight excluding hydrogens is 264 g/mol. The van der Waals surface area contributed by atoms with Crippen LogP contribution in [0.25, 0.3) is 0 Å². The van der Waals surface area contributed by atoms with Crippen molar-refractivity contribution in [2.24, 2.45) is 0 Å². The molecule has 0 spiro atoms. The lowest BCUT2D eigenvalue weighted by Crippen LogP contribution is -2.51. The molecule has 7 nitrogen and oxygen atoms in total. The van der Waals surface area contributed by atoms with E-state index in [9.17, 15) is 9.59 Å². The molecule has 20 heavy (non-hydrogen) atoms. The number of carbonyl (C=O) groups is 2. The molecule has 1 unspecified atom stereocenters. The van der Waals surface area contributed by atoms with Gasteiger partial charge in [-0.25, -0.2) is 4.79 Å². The lowest BCUT2D eigenvalue weighted by atomic mass is 9.94. The fraction of sp³-hybridized carbons (Fsp3) is 0.846. The first-order valence-corrected chi connectivity index (χ1v) is 6.74. The SMILES string of the molecule is COCCN(CC(=O)O)C(=O)NC1CCOC(C)(C)C1. The van der Waals surface area contributed by atoms with Crippen molar-refractivity contribution < 1.29 is 24.2 Å². The third-order valence-electron chi connectivity index (χ3n) is 3.20. The van der Waals surface area contributed by atoms with E-state index in [4.69, 9.17) is 14.6 Å². The Balaban J connectivity index is 2.53. The molecule has 1 saturated heterocycles. The van der Waals surface area contributed by atoms with Crippen LogP contribution in [0.2, 0.25) is 0 Å².